The Hall–Kier alpha value is -6.85. The molecule has 11 rings (SSSR count). The molecular weight excluding hydrogens is 649 g/mol. The summed E-state index contributed by atoms with van der Waals surface area (Å²) in [4.78, 5) is 15.0. The van der Waals surface area contributed by atoms with Crippen molar-refractivity contribution in [1.29, 1.82) is 0 Å². The van der Waals surface area contributed by atoms with Crippen LogP contribution in [0.5, 0.6) is 0 Å². The zero-order valence-electron chi connectivity index (χ0n) is 29.2. The maximum absolute atomic E-state index is 6.36. The standard InChI is InChI=1S/C48H32N4O/c1-48(2)39-27-42-37(25-35(39)36-26-38-34-21-10-12-23-43(34)53-44(38)28-40(36)48)33-20-9-11-22-41(33)52(42)32-19-13-18-31(24-32)47-50-45(29-14-5-3-6-15-29)49-46(51-47)30-16-7-4-8-17-30/h3-28H,1-2H3. The van der Waals surface area contributed by atoms with Crippen LogP contribution in [0.4, 0.5) is 0 Å². The zero-order chi connectivity index (χ0) is 35.3. The van der Waals surface area contributed by atoms with E-state index >= 15 is 0 Å². The summed E-state index contributed by atoms with van der Waals surface area (Å²) in [6, 6.07) is 55.3. The highest BCUT2D eigenvalue weighted by atomic mass is 16.3. The van der Waals surface area contributed by atoms with Gasteiger partial charge in [0, 0.05) is 49.3 Å². The van der Waals surface area contributed by atoms with Gasteiger partial charge in [0.1, 0.15) is 11.2 Å². The van der Waals surface area contributed by atoms with Gasteiger partial charge in [-0.2, -0.15) is 0 Å². The maximum Gasteiger partial charge on any atom is 0.164 e. The Bertz CT molecular complexity index is 3020. The molecule has 3 aromatic heterocycles. The van der Waals surface area contributed by atoms with E-state index in [1.165, 1.54) is 38.5 Å². The highest BCUT2D eigenvalue weighted by molar-refractivity contribution is 6.13. The third-order valence-electron chi connectivity index (χ3n) is 11.0. The Morgan fingerprint density at radius 2 is 1.00 bits per heavy atom. The molecule has 0 spiro atoms. The number of furan rings is 1. The maximum atomic E-state index is 6.36. The second kappa shape index (κ2) is 11.1. The molecule has 0 aliphatic heterocycles. The van der Waals surface area contributed by atoms with E-state index < -0.39 is 0 Å². The summed E-state index contributed by atoms with van der Waals surface area (Å²) in [5.74, 6) is 1.93. The van der Waals surface area contributed by atoms with Crippen molar-refractivity contribution >= 4 is 43.7 Å². The lowest BCUT2D eigenvalue weighted by molar-refractivity contribution is 0.647. The topological polar surface area (TPSA) is 56.7 Å². The van der Waals surface area contributed by atoms with Gasteiger partial charge in [-0.1, -0.05) is 123 Å². The summed E-state index contributed by atoms with van der Waals surface area (Å²) < 4.78 is 8.75. The van der Waals surface area contributed by atoms with Crippen molar-refractivity contribution in [3.63, 3.8) is 0 Å². The van der Waals surface area contributed by atoms with Crippen LogP contribution >= 0.6 is 0 Å². The fraction of sp³-hybridized carbons (Fsp3) is 0.0625. The number of rotatable bonds is 4. The predicted octanol–water partition coefficient (Wildman–Crippen LogP) is 12.2. The lowest BCUT2D eigenvalue weighted by Crippen LogP contribution is -2.15. The predicted molar refractivity (Wildman–Crippen MR) is 215 cm³/mol. The van der Waals surface area contributed by atoms with Crippen LogP contribution in [0.2, 0.25) is 0 Å². The second-order valence-corrected chi connectivity index (χ2v) is 14.5. The first-order chi connectivity index (χ1) is 26.0. The van der Waals surface area contributed by atoms with Gasteiger partial charge in [-0.15, -0.1) is 0 Å². The van der Waals surface area contributed by atoms with Crippen LogP contribution in [0.1, 0.15) is 25.0 Å². The molecule has 10 aromatic rings. The molecule has 3 heterocycles. The number of nitrogens with zero attached hydrogens (tertiary/aromatic N) is 4. The first-order valence-corrected chi connectivity index (χ1v) is 18.0. The Morgan fingerprint density at radius 3 is 1.72 bits per heavy atom. The van der Waals surface area contributed by atoms with Crippen molar-refractivity contribution in [2.45, 2.75) is 19.3 Å². The molecule has 0 amide bonds. The Kier molecular flexibility index (Phi) is 6.23. The van der Waals surface area contributed by atoms with Crippen LogP contribution in [-0.2, 0) is 5.41 Å². The molecule has 1 aliphatic carbocycles. The summed E-state index contributed by atoms with van der Waals surface area (Å²) in [6.07, 6.45) is 0. The lowest BCUT2D eigenvalue weighted by Gasteiger charge is -2.21. The molecule has 0 N–H and O–H groups in total. The minimum atomic E-state index is -0.221. The number of fused-ring (bicyclic) bond motifs is 9. The van der Waals surface area contributed by atoms with Crippen LogP contribution in [-0.4, -0.2) is 19.5 Å². The van der Waals surface area contributed by atoms with E-state index in [-0.39, 0.29) is 5.41 Å². The summed E-state index contributed by atoms with van der Waals surface area (Å²) in [6.45, 7) is 4.67. The average molecular weight is 681 g/mol. The molecule has 0 saturated carbocycles. The zero-order valence-corrected chi connectivity index (χ0v) is 29.2. The molecule has 0 fully saturated rings. The minimum Gasteiger partial charge on any atom is -0.456 e. The Morgan fingerprint density at radius 1 is 0.434 bits per heavy atom. The smallest absolute Gasteiger partial charge is 0.164 e. The summed E-state index contributed by atoms with van der Waals surface area (Å²) in [5, 5.41) is 4.75. The molecule has 250 valence electrons. The van der Waals surface area contributed by atoms with Gasteiger partial charge in [0.2, 0.25) is 0 Å². The van der Waals surface area contributed by atoms with Crippen molar-refractivity contribution in [3.05, 3.63) is 169 Å². The summed E-state index contributed by atoms with van der Waals surface area (Å²) in [5.41, 5.74) is 13.0. The Labute approximate surface area is 305 Å². The van der Waals surface area contributed by atoms with Gasteiger partial charge in [0.05, 0.1) is 11.0 Å². The molecule has 0 saturated heterocycles. The van der Waals surface area contributed by atoms with Gasteiger partial charge in [-0.25, -0.2) is 15.0 Å². The normalized spacial score (nSPS) is 13.2. The molecule has 0 radical (unpaired) electrons. The number of hydrogen-bond donors (Lipinski definition) is 0. The highest BCUT2D eigenvalue weighted by Gasteiger charge is 2.37. The number of benzene rings is 7. The molecule has 5 heteroatoms. The van der Waals surface area contributed by atoms with Crippen molar-refractivity contribution in [2.24, 2.45) is 0 Å². The molecular formula is C48H32N4O. The molecule has 1 aliphatic rings. The molecule has 5 nitrogen and oxygen atoms in total. The quantitative estimate of drug-likeness (QED) is 0.186. The van der Waals surface area contributed by atoms with Crippen molar-refractivity contribution in [2.75, 3.05) is 0 Å². The number of para-hydroxylation sites is 2. The van der Waals surface area contributed by atoms with E-state index in [9.17, 15) is 0 Å². The van der Waals surface area contributed by atoms with E-state index in [2.05, 4.69) is 109 Å². The second-order valence-electron chi connectivity index (χ2n) is 14.5. The third-order valence-corrected chi connectivity index (χ3v) is 11.0. The molecule has 0 atom stereocenters. The SMILES string of the molecule is CC1(C)c2cc3oc4ccccc4c3cc2-c2cc3c4ccccc4n(-c4cccc(-c5nc(-c6ccccc6)nc(-c6ccccc6)n5)c4)c3cc21. The first-order valence-electron chi connectivity index (χ1n) is 18.0. The van der Waals surface area contributed by atoms with Crippen molar-refractivity contribution < 1.29 is 4.42 Å². The fourth-order valence-corrected chi connectivity index (χ4v) is 8.41. The van der Waals surface area contributed by atoms with E-state index in [0.717, 1.165) is 49.8 Å². The van der Waals surface area contributed by atoms with Crippen LogP contribution < -0.4 is 0 Å². The van der Waals surface area contributed by atoms with Gasteiger partial charge >= 0.3 is 0 Å². The monoisotopic (exact) mass is 680 g/mol. The van der Waals surface area contributed by atoms with E-state index in [1.54, 1.807) is 0 Å². The van der Waals surface area contributed by atoms with Crippen molar-refractivity contribution in [3.8, 4) is 51.0 Å². The third kappa shape index (κ3) is 4.47. The average Bonchev–Trinajstić information content (AvgIpc) is 3.82. The molecule has 53 heavy (non-hydrogen) atoms. The van der Waals surface area contributed by atoms with E-state index in [1.807, 2.05) is 66.7 Å². The first kappa shape index (κ1) is 29.8. The van der Waals surface area contributed by atoms with Gasteiger partial charge < -0.3 is 8.98 Å². The van der Waals surface area contributed by atoms with Crippen LogP contribution in [0, 0.1) is 0 Å². The van der Waals surface area contributed by atoms with E-state index in [4.69, 9.17) is 19.4 Å². The van der Waals surface area contributed by atoms with Crippen LogP contribution in [0.25, 0.3) is 94.7 Å². The van der Waals surface area contributed by atoms with Gasteiger partial charge in [-0.3, -0.25) is 0 Å². The van der Waals surface area contributed by atoms with Gasteiger partial charge in [0.15, 0.2) is 17.5 Å². The lowest BCUT2D eigenvalue weighted by atomic mass is 9.82. The number of aromatic nitrogens is 4. The van der Waals surface area contributed by atoms with Gasteiger partial charge in [0.25, 0.3) is 0 Å². The number of hydrogen-bond acceptors (Lipinski definition) is 4. The van der Waals surface area contributed by atoms with Crippen LogP contribution in [0.15, 0.2) is 162 Å². The summed E-state index contributed by atoms with van der Waals surface area (Å²) in [7, 11) is 0. The summed E-state index contributed by atoms with van der Waals surface area (Å²) >= 11 is 0. The van der Waals surface area contributed by atoms with E-state index in [0.29, 0.717) is 17.5 Å². The molecule has 7 aromatic carbocycles. The van der Waals surface area contributed by atoms with Crippen LogP contribution in [0.3, 0.4) is 0 Å². The van der Waals surface area contributed by atoms with Gasteiger partial charge in [-0.05, 0) is 70.8 Å². The Balaban J connectivity index is 1.11. The molecule has 0 unspecified atom stereocenters. The van der Waals surface area contributed by atoms with Crippen molar-refractivity contribution in [1.82, 2.24) is 19.5 Å². The highest BCUT2D eigenvalue weighted by Crippen LogP contribution is 2.53. The minimum absolute atomic E-state index is 0.221. The molecule has 0 bridgehead atoms. The fourth-order valence-electron chi connectivity index (χ4n) is 8.41. The largest absolute Gasteiger partial charge is 0.456 e.